The zero-order valence-electron chi connectivity index (χ0n) is 18.6. The lowest BCUT2D eigenvalue weighted by atomic mass is 9.97. The minimum atomic E-state index is -0.336. The molecule has 4 atom stereocenters. The summed E-state index contributed by atoms with van der Waals surface area (Å²) in [5.41, 5.74) is 0.734. The molecule has 1 aromatic heterocycles. The second-order valence-corrected chi connectivity index (χ2v) is 9.74. The van der Waals surface area contributed by atoms with Crippen molar-refractivity contribution in [2.75, 3.05) is 13.1 Å². The monoisotopic (exact) mass is 428 g/mol. The van der Waals surface area contributed by atoms with E-state index in [0.717, 1.165) is 37.9 Å². The molecule has 2 fully saturated rings. The molecule has 1 amide bonds. The van der Waals surface area contributed by atoms with Gasteiger partial charge in [-0.3, -0.25) is 9.58 Å². The summed E-state index contributed by atoms with van der Waals surface area (Å²) in [6.07, 6.45) is 6.65. The van der Waals surface area contributed by atoms with E-state index in [2.05, 4.69) is 31.2 Å². The van der Waals surface area contributed by atoms with Crippen molar-refractivity contribution in [2.24, 2.45) is 0 Å². The Kier molecular flexibility index (Phi) is 6.32. The van der Waals surface area contributed by atoms with Gasteiger partial charge in [-0.05, 0) is 82.7 Å². The van der Waals surface area contributed by atoms with E-state index in [1.165, 1.54) is 12.1 Å². The smallest absolute Gasteiger partial charge is 0.410 e. The Hall–Kier alpha value is -2.41. The predicted octanol–water partition coefficient (Wildman–Crippen LogP) is 4.50. The molecule has 0 spiro atoms. The first kappa shape index (κ1) is 21.8. The first-order valence-electron chi connectivity index (χ1n) is 11.3. The highest BCUT2D eigenvalue weighted by Gasteiger charge is 2.42. The van der Waals surface area contributed by atoms with Crippen molar-refractivity contribution < 1.29 is 13.9 Å². The molecule has 168 valence electrons. The molecule has 0 bridgehead atoms. The van der Waals surface area contributed by atoms with Crippen molar-refractivity contribution in [1.82, 2.24) is 20.0 Å². The Labute approximate surface area is 183 Å². The van der Waals surface area contributed by atoms with Crippen LogP contribution in [0.15, 0.2) is 42.7 Å². The topological polar surface area (TPSA) is 59.4 Å². The lowest BCUT2D eigenvalue weighted by Gasteiger charge is -2.43. The Morgan fingerprint density at radius 2 is 2.03 bits per heavy atom. The molecule has 1 saturated carbocycles. The number of aromatic nitrogens is 2. The summed E-state index contributed by atoms with van der Waals surface area (Å²) in [5.74, 6) is -0.0534. The largest absolute Gasteiger partial charge is 0.444 e. The zero-order valence-corrected chi connectivity index (χ0v) is 18.6. The molecule has 2 aromatic rings. The fourth-order valence-electron chi connectivity index (χ4n) is 5.08. The fraction of sp³-hybridized carbons (Fsp3) is 0.583. The minimum Gasteiger partial charge on any atom is -0.444 e. The number of hydrogen-bond donors (Lipinski definition) is 1. The quantitative estimate of drug-likeness (QED) is 0.779. The van der Waals surface area contributed by atoms with E-state index in [4.69, 9.17) is 4.74 Å². The first-order valence-corrected chi connectivity index (χ1v) is 11.3. The normalized spacial score (nSPS) is 26.6. The first-order chi connectivity index (χ1) is 14.8. The summed E-state index contributed by atoms with van der Waals surface area (Å²) >= 11 is 0. The Morgan fingerprint density at radius 1 is 1.26 bits per heavy atom. The average molecular weight is 429 g/mol. The molecule has 1 aliphatic heterocycles. The van der Waals surface area contributed by atoms with Gasteiger partial charge in [-0.2, -0.15) is 5.10 Å². The van der Waals surface area contributed by atoms with Crippen LogP contribution in [-0.4, -0.2) is 51.5 Å². The third-order valence-electron chi connectivity index (χ3n) is 6.49. The number of nitrogens with zero attached hydrogens (tertiary/aromatic N) is 3. The molecule has 7 heteroatoms. The van der Waals surface area contributed by atoms with Crippen LogP contribution in [0.1, 0.15) is 64.0 Å². The highest BCUT2D eigenvalue weighted by molar-refractivity contribution is 5.69. The van der Waals surface area contributed by atoms with Crippen LogP contribution in [0.25, 0.3) is 0 Å². The van der Waals surface area contributed by atoms with Gasteiger partial charge in [0.1, 0.15) is 11.9 Å². The number of benzene rings is 1. The van der Waals surface area contributed by atoms with E-state index in [-0.39, 0.29) is 41.6 Å². The van der Waals surface area contributed by atoms with Crippen molar-refractivity contribution in [3.63, 3.8) is 0 Å². The lowest BCUT2D eigenvalue weighted by Crippen LogP contribution is -2.57. The van der Waals surface area contributed by atoms with Crippen molar-refractivity contribution in [3.8, 4) is 0 Å². The highest BCUT2D eigenvalue weighted by atomic mass is 19.1. The average Bonchev–Trinajstić information content (AvgIpc) is 3.38. The van der Waals surface area contributed by atoms with Crippen molar-refractivity contribution >= 4 is 6.09 Å². The molecule has 1 aromatic carbocycles. The van der Waals surface area contributed by atoms with Gasteiger partial charge in [-0.25, -0.2) is 9.18 Å². The molecule has 3 unspecified atom stereocenters. The summed E-state index contributed by atoms with van der Waals surface area (Å²) in [4.78, 5) is 15.4. The fourth-order valence-corrected chi connectivity index (χ4v) is 5.08. The van der Waals surface area contributed by atoms with Crippen molar-refractivity contribution in [2.45, 2.75) is 76.1 Å². The SMILES string of the molecule is CC(C)(C)N(C(=O)O[C@@H]1CC(c2ccc(F)cc2)CC1n1cccn1)C1CCCNC1. The van der Waals surface area contributed by atoms with Gasteiger partial charge in [0, 0.05) is 30.5 Å². The van der Waals surface area contributed by atoms with Crippen molar-refractivity contribution in [3.05, 3.63) is 54.1 Å². The van der Waals surface area contributed by atoms with Crippen LogP contribution in [0, 0.1) is 5.82 Å². The number of nitrogens with one attached hydrogen (secondary N) is 1. The summed E-state index contributed by atoms with van der Waals surface area (Å²) < 4.78 is 21.5. The van der Waals surface area contributed by atoms with E-state index in [9.17, 15) is 9.18 Å². The number of hydrogen-bond acceptors (Lipinski definition) is 4. The number of amides is 1. The predicted molar refractivity (Wildman–Crippen MR) is 117 cm³/mol. The van der Waals surface area contributed by atoms with E-state index >= 15 is 0 Å². The molecular weight excluding hydrogens is 395 g/mol. The van der Waals surface area contributed by atoms with Crippen LogP contribution >= 0.6 is 0 Å². The third-order valence-corrected chi connectivity index (χ3v) is 6.49. The van der Waals surface area contributed by atoms with Gasteiger partial charge in [0.05, 0.1) is 6.04 Å². The third kappa shape index (κ3) is 4.92. The molecule has 4 rings (SSSR count). The number of carbonyl (C=O) groups excluding carboxylic acids is 1. The molecule has 2 aliphatic rings. The van der Waals surface area contributed by atoms with Crippen LogP contribution < -0.4 is 5.32 Å². The van der Waals surface area contributed by atoms with Gasteiger partial charge in [0.25, 0.3) is 0 Å². The molecule has 2 heterocycles. The maximum Gasteiger partial charge on any atom is 0.410 e. The molecule has 1 N–H and O–H groups in total. The number of rotatable bonds is 4. The number of halogens is 1. The van der Waals surface area contributed by atoms with Gasteiger partial charge in [0.15, 0.2) is 0 Å². The van der Waals surface area contributed by atoms with Gasteiger partial charge < -0.3 is 10.1 Å². The molecule has 31 heavy (non-hydrogen) atoms. The standard InChI is InChI=1S/C24H33FN4O2/c1-24(2,3)29(20-6-4-11-26-16-20)23(30)31-22-15-18(17-7-9-19(25)10-8-17)14-21(22)28-13-5-12-27-28/h5,7-10,12-13,18,20-22,26H,4,6,11,14-16H2,1-3H3/t18?,20?,21?,22-/m1/s1. The van der Waals surface area contributed by atoms with Gasteiger partial charge >= 0.3 is 6.09 Å². The van der Waals surface area contributed by atoms with Crippen LogP contribution in [0.2, 0.25) is 0 Å². The second kappa shape index (κ2) is 8.99. The maximum absolute atomic E-state index is 13.4. The summed E-state index contributed by atoms with van der Waals surface area (Å²) in [5, 5.41) is 7.83. The van der Waals surface area contributed by atoms with E-state index in [0.29, 0.717) is 6.42 Å². The Balaban J connectivity index is 1.54. The molecule has 6 nitrogen and oxygen atoms in total. The number of ether oxygens (including phenoxy) is 1. The second-order valence-electron chi connectivity index (χ2n) is 9.74. The maximum atomic E-state index is 13.4. The summed E-state index contributed by atoms with van der Waals surface area (Å²) in [7, 11) is 0. The molecule has 1 saturated heterocycles. The molecule has 0 radical (unpaired) electrons. The molecular formula is C24H33FN4O2. The Bertz CT molecular complexity index is 857. The van der Waals surface area contributed by atoms with Gasteiger partial charge in [-0.1, -0.05) is 12.1 Å². The van der Waals surface area contributed by atoms with E-state index in [1.54, 1.807) is 6.20 Å². The minimum absolute atomic E-state index is 0.0414. The number of carbonyl (C=O) groups is 1. The van der Waals surface area contributed by atoms with E-state index < -0.39 is 0 Å². The van der Waals surface area contributed by atoms with Crippen LogP contribution in [0.4, 0.5) is 9.18 Å². The van der Waals surface area contributed by atoms with Gasteiger partial charge in [-0.15, -0.1) is 0 Å². The van der Waals surface area contributed by atoms with E-state index in [1.807, 2.05) is 34.0 Å². The zero-order chi connectivity index (χ0) is 22.0. The number of piperidine rings is 1. The van der Waals surface area contributed by atoms with Crippen molar-refractivity contribution in [1.29, 1.82) is 0 Å². The van der Waals surface area contributed by atoms with Crippen LogP contribution in [-0.2, 0) is 4.74 Å². The lowest BCUT2D eigenvalue weighted by molar-refractivity contribution is 0.00422. The van der Waals surface area contributed by atoms with Gasteiger partial charge in [0.2, 0.25) is 0 Å². The van der Waals surface area contributed by atoms with Crippen LogP contribution in [0.3, 0.4) is 0 Å². The summed E-state index contributed by atoms with van der Waals surface area (Å²) in [6, 6.07) is 8.63. The Morgan fingerprint density at radius 3 is 2.65 bits per heavy atom. The summed E-state index contributed by atoms with van der Waals surface area (Å²) in [6.45, 7) is 7.96. The van der Waals surface area contributed by atoms with Crippen LogP contribution in [0.5, 0.6) is 0 Å². The highest BCUT2D eigenvalue weighted by Crippen LogP contribution is 2.43. The molecule has 1 aliphatic carbocycles.